The number of alkyl halides is 20. The Morgan fingerprint density at radius 3 is 0.871 bits per heavy atom. The molecule has 0 radical (unpaired) electrons. The van der Waals surface area contributed by atoms with E-state index in [0.717, 1.165) is 0 Å². The molecule has 0 N–H and O–H groups in total. The van der Waals surface area contributed by atoms with E-state index < -0.39 is 59.6 Å². The van der Waals surface area contributed by atoms with E-state index in [1.807, 2.05) is 4.74 Å². The predicted octanol–water partition coefficient (Wildman–Crippen LogP) is 6.49. The van der Waals surface area contributed by atoms with E-state index >= 15 is 0 Å². The molecule has 0 amide bonds. The average molecular weight is 516 g/mol. The zero-order chi connectivity index (χ0) is 25.7. The van der Waals surface area contributed by atoms with E-state index in [2.05, 4.69) is 0 Å². The maximum Gasteiger partial charge on any atom is 0.432 e. The Morgan fingerprint density at radius 2 is 0.710 bits per heavy atom. The van der Waals surface area contributed by atoms with Gasteiger partial charge in [-0.05, 0) is 0 Å². The average Bonchev–Trinajstić information content (AvgIpc) is 3.02. The molecule has 1 unspecified atom stereocenters. The second-order valence-electron chi connectivity index (χ2n) is 5.77. The molecule has 1 aliphatic heterocycles. The lowest BCUT2D eigenvalue weighted by atomic mass is 9.73. The number of hydrogen-bond donors (Lipinski definition) is 0. The minimum Gasteiger partial charge on any atom is -0.308 e. The van der Waals surface area contributed by atoms with Gasteiger partial charge < -0.3 is 4.74 Å². The van der Waals surface area contributed by atoms with Gasteiger partial charge >= 0.3 is 59.6 Å². The molecule has 0 bridgehead atoms. The van der Waals surface area contributed by atoms with Crippen LogP contribution in [-0.2, 0) is 4.74 Å². The molecule has 1 saturated heterocycles. The van der Waals surface area contributed by atoms with Crippen LogP contribution in [0.15, 0.2) is 0 Å². The van der Waals surface area contributed by atoms with E-state index in [9.17, 15) is 87.8 Å². The predicted molar refractivity (Wildman–Crippen MR) is 50.3 cm³/mol. The zero-order valence-electron chi connectivity index (χ0n) is 13.0. The summed E-state index contributed by atoms with van der Waals surface area (Å²) in [6.07, 6.45) is -41.1. The first-order valence-electron chi connectivity index (χ1n) is 6.44. The van der Waals surface area contributed by atoms with Crippen LogP contribution in [0.1, 0.15) is 0 Å². The van der Waals surface area contributed by atoms with Gasteiger partial charge in [-0.3, -0.25) is 0 Å². The topological polar surface area (TPSA) is 12.5 Å². The first-order valence-corrected chi connectivity index (χ1v) is 6.44. The summed E-state index contributed by atoms with van der Waals surface area (Å²) in [7, 11) is 0. The van der Waals surface area contributed by atoms with Gasteiger partial charge in [-0.2, -0.15) is 83.4 Å². The number of ether oxygens (including phenoxy) is 1. The lowest BCUT2D eigenvalue weighted by molar-refractivity contribution is -0.503. The lowest BCUT2D eigenvalue weighted by Crippen LogP contribution is -2.76. The van der Waals surface area contributed by atoms with Crippen molar-refractivity contribution in [2.24, 2.45) is 5.41 Å². The largest absolute Gasteiger partial charge is 0.432 e. The van der Waals surface area contributed by atoms with Gasteiger partial charge in [-0.15, -0.1) is 0 Å². The highest BCUT2D eigenvalue weighted by Gasteiger charge is 3.09. The molecule has 186 valence electrons. The minimum atomic E-state index is -9.11. The van der Waals surface area contributed by atoms with Crippen molar-refractivity contribution < 1.29 is 92.5 Å². The van der Waals surface area contributed by atoms with Crippen molar-refractivity contribution in [3.8, 4) is 0 Å². The molecule has 0 aromatic heterocycles. The van der Waals surface area contributed by atoms with E-state index in [-0.39, 0.29) is 0 Å². The molecular weight excluding hydrogens is 516 g/mol. The molecule has 0 aromatic rings. The highest BCUT2D eigenvalue weighted by Crippen LogP contribution is 2.77. The Kier molecular flexibility index (Phi) is 5.44. The molecule has 0 spiro atoms. The molecule has 1 aliphatic rings. The normalized spacial score (nSPS) is 24.4. The quantitative estimate of drug-likeness (QED) is 0.309. The Labute approximate surface area is 153 Å². The van der Waals surface area contributed by atoms with E-state index in [4.69, 9.17) is 0 Å². The van der Waals surface area contributed by atoms with Crippen molar-refractivity contribution in [2.45, 2.75) is 54.2 Å². The van der Waals surface area contributed by atoms with Crippen LogP contribution >= 0.6 is 0 Å². The van der Waals surface area contributed by atoms with Crippen LogP contribution < -0.4 is 0 Å². The van der Waals surface area contributed by atoms with Crippen molar-refractivity contribution in [3.63, 3.8) is 0 Å². The summed E-state index contributed by atoms with van der Waals surface area (Å²) in [5, 5.41) is 0. The van der Waals surface area contributed by atoms with Gasteiger partial charge in [-0.25, -0.2) is 4.39 Å². The molecule has 1 heterocycles. The van der Waals surface area contributed by atoms with Crippen LogP contribution in [0.3, 0.4) is 0 Å². The number of rotatable bonds is 3. The summed E-state index contributed by atoms with van der Waals surface area (Å²) < 4.78 is 259. The van der Waals surface area contributed by atoms with Crippen molar-refractivity contribution in [2.75, 3.05) is 0 Å². The third kappa shape index (κ3) is 2.89. The van der Waals surface area contributed by atoms with E-state index in [0.29, 0.717) is 0 Å². The van der Waals surface area contributed by atoms with Crippen LogP contribution in [0, 0.1) is 5.41 Å². The van der Waals surface area contributed by atoms with Crippen LogP contribution in [-0.4, -0.2) is 54.2 Å². The van der Waals surface area contributed by atoms with Crippen molar-refractivity contribution in [1.29, 1.82) is 0 Å². The fraction of sp³-hybridized carbons (Fsp3) is 1.00. The maximum absolute atomic E-state index is 13.8. The summed E-state index contributed by atoms with van der Waals surface area (Å²) >= 11 is 0. The fourth-order valence-corrected chi connectivity index (χ4v) is 2.57. The van der Waals surface area contributed by atoms with Crippen molar-refractivity contribution in [1.82, 2.24) is 0 Å². The summed E-state index contributed by atoms with van der Waals surface area (Å²) in [6.45, 7) is 0. The van der Waals surface area contributed by atoms with Crippen molar-refractivity contribution in [3.05, 3.63) is 0 Å². The first-order chi connectivity index (χ1) is 13.0. The van der Waals surface area contributed by atoms with Gasteiger partial charge in [0.15, 0.2) is 0 Å². The van der Waals surface area contributed by atoms with Gasteiger partial charge in [0.2, 0.25) is 0 Å². The van der Waals surface area contributed by atoms with Crippen molar-refractivity contribution >= 4 is 0 Å². The molecule has 1 rings (SSSR count). The van der Waals surface area contributed by atoms with Crippen LogP contribution in [0.5, 0.6) is 0 Å². The third-order valence-corrected chi connectivity index (χ3v) is 4.05. The molecule has 0 saturated carbocycles. The first kappa shape index (κ1) is 27.6. The summed E-state index contributed by atoms with van der Waals surface area (Å²) in [5.41, 5.74) is -16.2. The molecule has 1 atom stereocenters. The SMILES string of the molecule is FC(F)(F)C1(C(F)(F)F)OC1(F)C(F)(F)C(F)(F)C(C(F)(F)F)(C(F)(F)F)C(F)(F)F. The second kappa shape index (κ2) is 6.12. The molecular formula is C10F20O. The van der Waals surface area contributed by atoms with Crippen LogP contribution in [0.4, 0.5) is 87.8 Å². The Morgan fingerprint density at radius 1 is 0.452 bits per heavy atom. The van der Waals surface area contributed by atoms with Gasteiger partial charge in [-0.1, -0.05) is 0 Å². The molecule has 1 nitrogen and oxygen atoms in total. The van der Waals surface area contributed by atoms with Gasteiger partial charge in [0.25, 0.3) is 0 Å². The smallest absolute Gasteiger partial charge is 0.308 e. The highest BCUT2D eigenvalue weighted by molar-refractivity contribution is 5.29. The Balaban J connectivity index is 4.06. The van der Waals surface area contributed by atoms with Gasteiger partial charge in [0, 0.05) is 0 Å². The highest BCUT2D eigenvalue weighted by atomic mass is 19.4. The van der Waals surface area contributed by atoms with E-state index in [1.54, 1.807) is 0 Å². The molecule has 1 fully saturated rings. The second-order valence-corrected chi connectivity index (χ2v) is 5.77. The van der Waals surface area contributed by atoms with Crippen LogP contribution in [0.2, 0.25) is 0 Å². The summed E-state index contributed by atoms with van der Waals surface area (Å²) in [5.74, 6) is -25.3. The number of epoxide rings is 1. The molecule has 0 aliphatic carbocycles. The molecule has 0 aromatic carbocycles. The van der Waals surface area contributed by atoms with E-state index in [1.165, 1.54) is 0 Å². The summed E-state index contributed by atoms with van der Waals surface area (Å²) in [4.78, 5) is 0. The molecule has 21 heteroatoms. The number of halogens is 20. The monoisotopic (exact) mass is 516 g/mol. The standard InChI is InChI=1S/C10F20O/c11-3(12,1(6(16,17)18,7(19,20)21)8(22,23)24)4(13,14)5(15)2(31-5,9(25,26)27)10(28,29)30. The molecule has 31 heavy (non-hydrogen) atoms. The number of hydrogen-bond acceptors (Lipinski definition) is 1. The minimum absolute atomic E-state index is 1.86. The summed E-state index contributed by atoms with van der Waals surface area (Å²) in [6, 6.07) is 0. The third-order valence-electron chi connectivity index (χ3n) is 4.05. The zero-order valence-corrected chi connectivity index (χ0v) is 13.0. The fourth-order valence-electron chi connectivity index (χ4n) is 2.57. The lowest BCUT2D eigenvalue weighted by Gasteiger charge is -2.45. The maximum atomic E-state index is 13.8. The Bertz CT molecular complexity index is 648. The van der Waals surface area contributed by atoms with Gasteiger partial charge in [0.05, 0.1) is 0 Å². The van der Waals surface area contributed by atoms with Gasteiger partial charge in [0.1, 0.15) is 0 Å². The Hall–Kier alpha value is -1.44. The van der Waals surface area contributed by atoms with Crippen LogP contribution in [0.25, 0.3) is 0 Å².